The van der Waals surface area contributed by atoms with Crippen molar-refractivity contribution < 1.29 is 4.42 Å². The molecule has 3 heteroatoms. The van der Waals surface area contributed by atoms with E-state index in [1.807, 2.05) is 19.1 Å². The Hall–Kier alpha value is -1.58. The molecule has 1 aliphatic heterocycles. The summed E-state index contributed by atoms with van der Waals surface area (Å²) >= 11 is 0. The molecule has 3 nitrogen and oxygen atoms in total. The number of hydrogen-bond acceptors (Lipinski definition) is 3. The van der Waals surface area contributed by atoms with Gasteiger partial charge >= 0.3 is 0 Å². The molecule has 0 saturated carbocycles. The number of benzene rings is 1. The van der Waals surface area contributed by atoms with Gasteiger partial charge in [0, 0.05) is 19.6 Å². The van der Waals surface area contributed by atoms with Crippen LogP contribution in [-0.4, -0.2) is 11.4 Å². The number of nitrogens with two attached hydrogens (primary N) is 1. The Bertz CT molecular complexity index is 522. The molecule has 1 aromatic heterocycles. The molecular formula is C15H18N2O. The molecule has 1 atom stereocenters. The molecule has 0 radical (unpaired) electrons. The molecule has 2 aromatic rings. The lowest BCUT2D eigenvalue weighted by Gasteiger charge is -2.24. The second-order valence-corrected chi connectivity index (χ2v) is 4.87. The molecule has 1 aromatic carbocycles. The highest BCUT2D eigenvalue weighted by Gasteiger charge is 2.27. The molecule has 0 fully saturated rings. The lowest BCUT2D eigenvalue weighted by atomic mass is 10.1. The molecule has 2 N–H and O–H groups in total. The fourth-order valence-electron chi connectivity index (χ4n) is 2.66. The van der Waals surface area contributed by atoms with Gasteiger partial charge < -0.3 is 10.2 Å². The average molecular weight is 242 g/mol. The van der Waals surface area contributed by atoms with Gasteiger partial charge in [0.1, 0.15) is 11.5 Å². The highest BCUT2D eigenvalue weighted by atomic mass is 16.3. The Kier molecular flexibility index (Phi) is 2.94. The Morgan fingerprint density at radius 3 is 2.33 bits per heavy atom. The second-order valence-electron chi connectivity index (χ2n) is 4.87. The first-order chi connectivity index (χ1) is 8.78. The zero-order valence-corrected chi connectivity index (χ0v) is 10.6. The van der Waals surface area contributed by atoms with Gasteiger partial charge in [0.25, 0.3) is 0 Å². The third-order valence-electron chi connectivity index (χ3n) is 3.62. The second kappa shape index (κ2) is 4.59. The largest absolute Gasteiger partial charge is 0.465 e. The van der Waals surface area contributed by atoms with Crippen molar-refractivity contribution in [1.82, 2.24) is 4.90 Å². The summed E-state index contributed by atoms with van der Waals surface area (Å²) in [7, 11) is 0. The summed E-state index contributed by atoms with van der Waals surface area (Å²) in [5.74, 6) is 1.92. The first-order valence-electron chi connectivity index (χ1n) is 6.35. The standard InChI is InChI=1S/C15H18N2O/c1-11-6-7-15(18-11)14(8-16)17-9-12-4-2-3-5-13(12)10-17/h2-7,14H,8-10,16H2,1H3. The van der Waals surface area contributed by atoms with Crippen LogP contribution in [0.25, 0.3) is 0 Å². The molecule has 2 heterocycles. The monoisotopic (exact) mass is 242 g/mol. The maximum absolute atomic E-state index is 5.93. The molecule has 0 saturated heterocycles. The molecule has 94 valence electrons. The molecule has 0 bridgehead atoms. The molecule has 18 heavy (non-hydrogen) atoms. The number of nitrogens with zero attached hydrogens (tertiary/aromatic N) is 1. The van der Waals surface area contributed by atoms with Crippen molar-refractivity contribution in [2.45, 2.75) is 26.1 Å². The Balaban J connectivity index is 1.83. The molecule has 0 aliphatic carbocycles. The maximum Gasteiger partial charge on any atom is 0.122 e. The van der Waals surface area contributed by atoms with E-state index in [0.29, 0.717) is 6.54 Å². The predicted molar refractivity (Wildman–Crippen MR) is 70.9 cm³/mol. The quantitative estimate of drug-likeness (QED) is 0.899. The fourth-order valence-corrected chi connectivity index (χ4v) is 2.66. The van der Waals surface area contributed by atoms with Crippen LogP contribution >= 0.6 is 0 Å². The van der Waals surface area contributed by atoms with Crippen LogP contribution in [0.15, 0.2) is 40.8 Å². The summed E-state index contributed by atoms with van der Waals surface area (Å²) in [6, 6.07) is 12.8. The molecule has 0 spiro atoms. The van der Waals surface area contributed by atoms with E-state index in [1.165, 1.54) is 11.1 Å². The van der Waals surface area contributed by atoms with E-state index in [1.54, 1.807) is 0 Å². The van der Waals surface area contributed by atoms with Crippen LogP contribution in [0, 0.1) is 6.92 Å². The third-order valence-corrected chi connectivity index (χ3v) is 3.62. The number of aryl methyl sites for hydroxylation is 1. The zero-order chi connectivity index (χ0) is 12.5. The average Bonchev–Trinajstić information content (AvgIpc) is 2.96. The van der Waals surface area contributed by atoms with Crippen LogP contribution in [0.4, 0.5) is 0 Å². The smallest absolute Gasteiger partial charge is 0.122 e. The van der Waals surface area contributed by atoms with Gasteiger partial charge in [0.2, 0.25) is 0 Å². The predicted octanol–water partition coefficient (Wildman–Crippen LogP) is 2.60. The highest BCUT2D eigenvalue weighted by molar-refractivity contribution is 5.31. The van der Waals surface area contributed by atoms with Gasteiger partial charge in [-0.2, -0.15) is 0 Å². The summed E-state index contributed by atoms with van der Waals surface area (Å²) < 4.78 is 5.73. The lowest BCUT2D eigenvalue weighted by Crippen LogP contribution is -2.29. The van der Waals surface area contributed by atoms with Crippen LogP contribution in [-0.2, 0) is 13.1 Å². The van der Waals surface area contributed by atoms with Crippen molar-refractivity contribution in [3.63, 3.8) is 0 Å². The van der Waals surface area contributed by atoms with Gasteiger partial charge in [-0.05, 0) is 30.2 Å². The van der Waals surface area contributed by atoms with E-state index in [9.17, 15) is 0 Å². The minimum Gasteiger partial charge on any atom is -0.465 e. The third kappa shape index (κ3) is 1.96. The van der Waals surface area contributed by atoms with Crippen LogP contribution in [0.2, 0.25) is 0 Å². The van der Waals surface area contributed by atoms with Crippen LogP contribution < -0.4 is 5.73 Å². The SMILES string of the molecule is Cc1ccc(C(CN)N2Cc3ccccc3C2)o1. The topological polar surface area (TPSA) is 42.4 Å². The van der Waals surface area contributed by atoms with Gasteiger partial charge in [-0.15, -0.1) is 0 Å². The molecule has 1 aliphatic rings. The van der Waals surface area contributed by atoms with Gasteiger partial charge in [-0.3, -0.25) is 4.90 Å². The summed E-state index contributed by atoms with van der Waals surface area (Å²) in [6.45, 7) is 4.46. The van der Waals surface area contributed by atoms with Crippen LogP contribution in [0.5, 0.6) is 0 Å². The highest BCUT2D eigenvalue weighted by Crippen LogP contribution is 2.31. The van der Waals surface area contributed by atoms with E-state index in [0.717, 1.165) is 24.6 Å². The maximum atomic E-state index is 5.93. The van der Waals surface area contributed by atoms with Gasteiger partial charge in [-0.25, -0.2) is 0 Å². The first kappa shape index (κ1) is 11.5. The van der Waals surface area contributed by atoms with Crippen LogP contribution in [0.3, 0.4) is 0 Å². The van der Waals surface area contributed by atoms with E-state index < -0.39 is 0 Å². The van der Waals surface area contributed by atoms with Gasteiger partial charge in [0.05, 0.1) is 6.04 Å². The van der Waals surface area contributed by atoms with Crippen molar-refractivity contribution >= 4 is 0 Å². The number of rotatable bonds is 3. The van der Waals surface area contributed by atoms with Gasteiger partial charge in [0.15, 0.2) is 0 Å². The van der Waals surface area contributed by atoms with E-state index in [2.05, 4.69) is 29.2 Å². The van der Waals surface area contributed by atoms with Crippen molar-refractivity contribution in [3.05, 3.63) is 59.0 Å². The zero-order valence-electron chi connectivity index (χ0n) is 10.6. The Morgan fingerprint density at radius 1 is 1.17 bits per heavy atom. The molecule has 1 unspecified atom stereocenters. The van der Waals surface area contributed by atoms with Crippen molar-refractivity contribution in [3.8, 4) is 0 Å². The minimum absolute atomic E-state index is 0.172. The summed E-state index contributed by atoms with van der Waals surface area (Å²) in [4.78, 5) is 2.38. The van der Waals surface area contributed by atoms with E-state index in [4.69, 9.17) is 10.2 Å². The number of fused-ring (bicyclic) bond motifs is 1. The van der Waals surface area contributed by atoms with E-state index >= 15 is 0 Å². The van der Waals surface area contributed by atoms with Crippen molar-refractivity contribution in [2.24, 2.45) is 5.73 Å². The summed E-state index contributed by atoms with van der Waals surface area (Å²) in [6.07, 6.45) is 0. The molecule has 0 amide bonds. The molecule has 3 rings (SSSR count). The normalized spacial score (nSPS) is 16.8. The summed E-state index contributed by atoms with van der Waals surface area (Å²) in [5, 5.41) is 0. The van der Waals surface area contributed by atoms with Crippen molar-refractivity contribution in [1.29, 1.82) is 0 Å². The summed E-state index contributed by atoms with van der Waals surface area (Å²) in [5.41, 5.74) is 8.73. The number of hydrogen-bond donors (Lipinski definition) is 1. The lowest BCUT2D eigenvalue weighted by molar-refractivity contribution is 0.180. The Morgan fingerprint density at radius 2 is 1.83 bits per heavy atom. The van der Waals surface area contributed by atoms with E-state index in [-0.39, 0.29) is 6.04 Å². The number of furan rings is 1. The van der Waals surface area contributed by atoms with Crippen LogP contribution in [0.1, 0.15) is 28.7 Å². The fraction of sp³-hybridized carbons (Fsp3) is 0.333. The minimum atomic E-state index is 0.172. The first-order valence-corrected chi connectivity index (χ1v) is 6.35. The Labute approximate surface area is 107 Å². The molecular weight excluding hydrogens is 224 g/mol. The van der Waals surface area contributed by atoms with Gasteiger partial charge in [-0.1, -0.05) is 24.3 Å². The van der Waals surface area contributed by atoms with Crippen molar-refractivity contribution in [2.75, 3.05) is 6.54 Å².